The average Bonchev–Trinajstić information content (AvgIpc) is 2.19. The van der Waals surface area contributed by atoms with Crippen LogP contribution in [0.25, 0.3) is 0 Å². The van der Waals surface area contributed by atoms with Crippen LogP contribution < -0.4 is 5.43 Å². The number of hydrogen-bond acceptors (Lipinski definition) is 4. The Bertz CT molecular complexity index is 124. The molecule has 1 rings (SSSR count). The van der Waals surface area contributed by atoms with Gasteiger partial charge in [-0.25, -0.2) is 10.4 Å². The van der Waals surface area contributed by atoms with E-state index in [1.807, 2.05) is 0 Å². The molecule has 4 heteroatoms. The molecule has 1 atom stereocenters. The van der Waals surface area contributed by atoms with E-state index >= 15 is 0 Å². The summed E-state index contributed by atoms with van der Waals surface area (Å²) in [4.78, 5) is 0. The highest BCUT2D eigenvalue weighted by molar-refractivity contribution is 4.65. The molecule has 0 aromatic rings. The normalized spacial score (nSPS) is 21.7. The number of hydrazine groups is 1. The number of rotatable bonds is 5. The Labute approximate surface area is 80.2 Å². The molecule has 1 fully saturated rings. The number of hydrogen-bond donors (Lipinski definition) is 1. The molecule has 1 aliphatic rings. The van der Waals surface area contributed by atoms with Crippen LogP contribution in [-0.2, 0) is 9.47 Å². The molecule has 1 aliphatic heterocycles. The topological polar surface area (TPSA) is 33.7 Å². The van der Waals surface area contributed by atoms with Gasteiger partial charge in [-0.3, -0.25) is 0 Å². The minimum Gasteiger partial charge on any atom is -0.383 e. The molecule has 0 aromatic carbocycles. The van der Waals surface area contributed by atoms with Crippen LogP contribution in [0.1, 0.15) is 13.3 Å². The summed E-state index contributed by atoms with van der Waals surface area (Å²) in [6.07, 6.45) is 1.09. The molecule has 4 nitrogen and oxygen atoms in total. The van der Waals surface area contributed by atoms with Crippen LogP contribution in [0.4, 0.5) is 0 Å². The van der Waals surface area contributed by atoms with Gasteiger partial charge in [-0.2, -0.15) is 0 Å². The summed E-state index contributed by atoms with van der Waals surface area (Å²) < 4.78 is 10.4. The highest BCUT2D eigenvalue weighted by Crippen LogP contribution is 1.97. The lowest BCUT2D eigenvalue weighted by Crippen LogP contribution is -2.51. The van der Waals surface area contributed by atoms with Crippen molar-refractivity contribution in [3.63, 3.8) is 0 Å². The van der Waals surface area contributed by atoms with Crippen molar-refractivity contribution in [2.45, 2.75) is 19.4 Å². The van der Waals surface area contributed by atoms with E-state index in [1.54, 1.807) is 7.11 Å². The first-order chi connectivity index (χ1) is 6.36. The first-order valence-electron chi connectivity index (χ1n) is 4.94. The Morgan fingerprint density at radius 3 is 2.69 bits per heavy atom. The van der Waals surface area contributed by atoms with Crippen molar-refractivity contribution in [1.29, 1.82) is 0 Å². The molecule has 1 saturated heterocycles. The van der Waals surface area contributed by atoms with E-state index in [-0.39, 0.29) is 0 Å². The summed E-state index contributed by atoms with van der Waals surface area (Å²) >= 11 is 0. The zero-order valence-electron chi connectivity index (χ0n) is 8.58. The first-order valence-corrected chi connectivity index (χ1v) is 4.94. The lowest BCUT2D eigenvalue weighted by atomic mass is 10.2. The standard InChI is InChI=1S/C9H20N2O2/c1-3-9(8-12-2)10-11-4-6-13-7-5-11/h9-10H,3-8H2,1-2H3. The van der Waals surface area contributed by atoms with Gasteiger partial charge >= 0.3 is 0 Å². The Morgan fingerprint density at radius 1 is 1.46 bits per heavy atom. The number of morpholine rings is 1. The predicted molar refractivity (Wildman–Crippen MR) is 51.5 cm³/mol. The summed E-state index contributed by atoms with van der Waals surface area (Å²) in [5.41, 5.74) is 3.43. The minimum absolute atomic E-state index is 0.433. The maximum Gasteiger partial charge on any atom is 0.0629 e. The second kappa shape index (κ2) is 6.32. The van der Waals surface area contributed by atoms with Crippen LogP contribution in [-0.4, -0.2) is 51.1 Å². The monoisotopic (exact) mass is 188 g/mol. The zero-order valence-corrected chi connectivity index (χ0v) is 8.58. The highest BCUT2D eigenvalue weighted by atomic mass is 16.5. The Balaban J connectivity index is 2.18. The average molecular weight is 188 g/mol. The van der Waals surface area contributed by atoms with Crippen molar-refractivity contribution in [2.24, 2.45) is 0 Å². The van der Waals surface area contributed by atoms with Crippen molar-refractivity contribution in [2.75, 3.05) is 40.0 Å². The molecule has 1 N–H and O–H groups in total. The van der Waals surface area contributed by atoms with Crippen molar-refractivity contribution in [3.05, 3.63) is 0 Å². The molecule has 1 unspecified atom stereocenters. The van der Waals surface area contributed by atoms with Gasteiger partial charge in [0.15, 0.2) is 0 Å². The van der Waals surface area contributed by atoms with Gasteiger partial charge in [0.1, 0.15) is 0 Å². The Hall–Kier alpha value is -0.160. The number of nitrogens with one attached hydrogen (secondary N) is 1. The van der Waals surface area contributed by atoms with E-state index in [2.05, 4.69) is 17.4 Å². The molecule has 0 radical (unpaired) electrons. The van der Waals surface area contributed by atoms with Gasteiger partial charge in [0, 0.05) is 26.2 Å². The van der Waals surface area contributed by atoms with Gasteiger partial charge in [-0.1, -0.05) is 6.92 Å². The summed E-state index contributed by atoms with van der Waals surface area (Å²) in [6.45, 7) is 6.54. The molecule has 1 heterocycles. The third kappa shape index (κ3) is 4.04. The summed E-state index contributed by atoms with van der Waals surface area (Å²) in [5.74, 6) is 0. The largest absolute Gasteiger partial charge is 0.383 e. The van der Waals surface area contributed by atoms with E-state index in [0.717, 1.165) is 39.3 Å². The van der Waals surface area contributed by atoms with Crippen LogP contribution in [0.3, 0.4) is 0 Å². The van der Waals surface area contributed by atoms with Gasteiger partial charge in [0.2, 0.25) is 0 Å². The van der Waals surface area contributed by atoms with E-state index in [4.69, 9.17) is 9.47 Å². The van der Waals surface area contributed by atoms with Crippen molar-refractivity contribution >= 4 is 0 Å². The molecular weight excluding hydrogens is 168 g/mol. The predicted octanol–water partition coefficient (Wildman–Crippen LogP) is 0.248. The van der Waals surface area contributed by atoms with Crippen LogP contribution in [0.5, 0.6) is 0 Å². The van der Waals surface area contributed by atoms with Gasteiger partial charge in [-0.15, -0.1) is 0 Å². The number of ether oxygens (including phenoxy) is 2. The van der Waals surface area contributed by atoms with E-state index < -0.39 is 0 Å². The lowest BCUT2D eigenvalue weighted by molar-refractivity contribution is -0.00491. The van der Waals surface area contributed by atoms with E-state index in [9.17, 15) is 0 Å². The maximum atomic E-state index is 5.26. The number of nitrogens with zero attached hydrogens (tertiary/aromatic N) is 1. The molecule has 0 aromatic heterocycles. The number of methoxy groups -OCH3 is 1. The fraction of sp³-hybridized carbons (Fsp3) is 1.00. The molecule has 13 heavy (non-hydrogen) atoms. The van der Waals surface area contributed by atoms with Crippen LogP contribution >= 0.6 is 0 Å². The highest BCUT2D eigenvalue weighted by Gasteiger charge is 2.13. The zero-order chi connectivity index (χ0) is 9.52. The van der Waals surface area contributed by atoms with Crippen LogP contribution in [0, 0.1) is 0 Å². The smallest absolute Gasteiger partial charge is 0.0629 e. The molecule has 0 amide bonds. The van der Waals surface area contributed by atoms with Crippen LogP contribution in [0.2, 0.25) is 0 Å². The Kier molecular flexibility index (Phi) is 5.31. The molecule has 78 valence electrons. The van der Waals surface area contributed by atoms with Gasteiger partial charge in [0.05, 0.1) is 19.8 Å². The third-order valence-electron chi connectivity index (χ3n) is 2.24. The van der Waals surface area contributed by atoms with Gasteiger partial charge < -0.3 is 9.47 Å². The van der Waals surface area contributed by atoms with Crippen molar-refractivity contribution in [3.8, 4) is 0 Å². The minimum atomic E-state index is 0.433. The van der Waals surface area contributed by atoms with Crippen molar-refractivity contribution in [1.82, 2.24) is 10.4 Å². The van der Waals surface area contributed by atoms with E-state index in [0.29, 0.717) is 6.04 Å². The SMILES string of the molecule is CCC(COC)NN1CCOCC1. The first kappa shape index (κ1) is 10.9. The summed E-state index contributed by atoms with van der Waals surface area (Å²) in [5, 5.41) is 2.22. The second-order valence-corrected chi connectivity index (χ2v) is 3.29. The van der Waals surface area contributed by atoms with Crippen LogP contribution in [0.15, 0.2) is 0 Å². The van der Waals surface area contributed by atoms with Crippen molar-refractivity contribution < 1.29 is 9.47 Å². The molecular formula is C9H20N2O2. The second-order valence-electron chi connectivity index (χ2n) is 3.29. The lowest BCUT2D eigenvalue weighted by Gasteiger charge is -2.31. The van der Waals surface area contributed by atoms with Gasteiger partial charge in [-0.05, 0) is 6.42 Å². The fourth-order valence-corrected chi connectivity index (χ4v) is 1.40. The molecule has 0 aliphatic carbocycles. The van der Waals surface area contributed by atoms with E-state index in [1.165, 1.54) is 0 Å². The Morgan fingerprint density at radius 2 is 2.15 bits per heavy atom. The quantitative estimate of drug-likeness (QED) is 0.670. The fourth-order valence-electron chi connectivity index (χ4n) is 1.40. The maximum absolute atomic E-state index is 5.26. The molecule has 0 spiro atoms. The third-order valence-corrected chi connectivity index (χ3v) is 2.24. The molecule has 0 bridgehead atoms. The summed E-state index contributed by atoms with van der Waals surface area (Å²) in [7, 11) is 1.74. The van der Waals surface area contributed by atoms with Gasteiger partial charge in [0.25, 0.3) is 0 Å². The molecule has 0 saturated carbocycles. The summed E-state index contributed by atoms with van der Waals surface area (Å²) in [6, 6.07) is 0.433.